The molecule has 0 bridgehead atoms. The van der Waals surface area contributed by atoms with Gasteiger partial charge in [-0.15, -0.1) is 5.10 Å². The van der Waals surface area contributed by atoms with Crippen LogP contribution in [0.2, 0.25) is 0 Å². The number of aromatic nitrogens is 3. The minimum Gasteiger partial charge on any atom is -0.353 e. The minimum atomic E-state index is 0.761. The Morgan fingerprint density at radius 2 is 1.95 bits per heavy atom. The molecule has 1 N–H and O–H groups in total. The quantitative estimate of drug-likeness (QED) is 0.923. The van der Waals surface area contributed by atoms with E-state index in [1.54, 1.807) is 0 Å². The van der Waals surface area contributed by atoms with Crippen LogP contribution in [0, 0.1) is 18.8 Å². The van der Waals surface area contributed by atoms with Crippen LogP contribution < -0.4 is 5.32 Å². The molecule has 108 valence electrons. The number of aryl methyl sites for hydroxylation is 1. The summed E-state index contributed by atoms with van der Waals surface area (Å²) in [5.41, 5.74) is 2.04. The van der Waals surface area contributed by atoms with Gasteiger partial charge in [-0.05, 0) is 43.7 Å². The summed E-state index contributed by atoms with van der Waals surface area (Å²) < 4.78 is 1.90. The Kier molecular flexibility index (Phi) is 3.90. The molecule has 4 nitrogen and oxygen atoms in total. The third-order valence-corrected chi connectivity index (χ3v) is 4.64. The molecule has 2 aromatic rings. The van der Waals surface area contributed by atoms with Crippen molar-refractivity contribution in [2.75, 3.05) is 11.9 Å². The summed E-state index contributed by atoms with van der Waals surface area (Å²) in [7, 11) is 0. The van der Waals surface area contributed by atoms with Crippen LogP contribution >= 0.6 is 0 Å². The van der Waals surface area contributed by atoms with Gasteiger partial charge in [0, 0.05) is 12.2 Å². The minimum absolute atomic E-state index is 0.761. The second-order valence-electron chi connectivity index (χ2n) is 6.05. The fraction of sp³-hybridized carbons (Fsp3) is 0.625. The largest absolute Gasteiger partial charge is 0.353 e. The number of fused-ring (bicyclic) bond motifs is 1. The first-order chi connectivity index (χ1) is 9.76. The molecule has 2 aromatic heterocycles. The maximum Gasteiger partial charge on any atom is 0.243 e. The van der Waals surface area contributed by atoms with Gasteiger partial charge >= 0.3 is 0 Å². The van der Waals surface area contributed by atoms with Gasteiger partial charge in [-0.3, -0.25) is 0 Å². The van der Waals surface area contributed by atoms with Crippen molar-refractivity contribution in [2.24, 2.45) is 11.8 Å². The van der Waals surface area contributed by atoms with Crippen molar-refractivity contribution in [3.05, 3.63) is 23.9 Å². The van der Waals surface area contributed by atoms with E-state index in [4.69, 9.17) is 0 Å². The average Bonchev–Trinajstić information content (AvgIpc) is 2.90. The Morgan fingerprint density at radius 3 is 2.65 bits per heavy atom. The summed E-state index contributed by atoms with van der Waals surface area (Å²) in [6.07, 6.45) is 6.81. The summed E-state index contributed by atoms with van der Waals surface area (Å²) in [6.45, 7) is 5.37. The molecular formula is C16H24N4. The molecule has 3 rings (SSSR count). The summed E-state index contributed by atoms with van der Waals surface area (Å²) >= 11 is 0. The van der Waals surface area contributed by atoms with E-state index in [2.05, 4.69) is 35.3 Å². The first-order valence-corrected chi connectivity index (χ1v) is 7.82. The highest BCUT2D eigenvalue weighted by molar-refractivity contribution is 5.44. The van der Waals surface area contributed by atoms with Crippen LogP contribution in [-0.2, 0) is 0 Å². The van der Waals surface area contributed by atoms with Gasteiger partial charge < -0.3 is 5.32 Å². The van der Waals surface area contributed by atoms with E-state index in [-0.39, 0.29) is 0 Å². The Labute approximate surface area is 120 Å². The predicted octanol–water partition coefficient (Wildman–Crippen LogP) is 3.67. The summed E-state index contributed by atoms with van der Waals surface area (Å²) in [5.74, 6) is 2.50. The number of hydrogen-bond acceptors (Lipinski definition) is 3. The van der Waals surface area contributed by atoms with Crippen molar-refractivity contribution in [1.82, 2.24) is 14.6 Å². The fourth-order valence-corrected chi connectivity index (χ4v) is 3.19. The first kappa shape index (κ1) is 13.4. The van der Waals surface area contributed by atoms with Crippen molar-refractivity contribution >= 4 is 11.6 Å². The van der Waals surface area contributed by atoms with E-state index in [1.165, 1.54) is 32.1 Å². The number of hydrogen-bond donors (Lipinski definition) is 1. The van der Waals surface area contributed by atoms with Gasteiger partial charge in [0.15, 0.2) is 5.65 Å². The van der Waals surface area contributed by atoms with Gasteiger partial charge in [0.1, 0.15) is 0 Å². The van der Waals surface area contributed by atoms with E-state index in [1.807, 2.05) is 16.6 Å². The van der Waals surface area contributed by atoms with Crippen molar-refractivity contribution in [2.45, 2.75) is 46.0 Å². The van der Waals surface area contributed by atoms with Crippen LogP contribution in [0.5, 0.6) is 0 Å². The van der Waals surface area contributed by atoms with Crippen molar-refractivity contribution in [3.63, 3.8) is 0 Å². The lowest BCUT2D eigenvalue weighted by molar-refractivity contribution is 0.278. The zero-order chi connectivity index (χ0) is 13.9. The maximum absolute atomic E-state index is 4.53. The lowest BCUT2D eigenvalue weighted by Crippen LogP contribution is -2.21. The normalized spacial score (nSPS) is 23.1. The molecule has 20 heavy (non-hydrogen) atoms. The standard InChI is InChI=1S/C16H24N4/c1-3-13-7-9-14(10-8-13)11-17-16-18-15-6-4-5-12(2)20(15)19-16/h4-6,13-14H,3,7-11H2,1-2H3,(H,17,19). The van der Waals surface area contributed by atoms with Crippen LogP contribution in [0.25, 0.3) is 5.65 Å². The molecule has 1 aliphatic carbocycles. The number of pyridine rings is 1. The van der Waals surface area contributed by atoms with Crippen LogP contribution in [0.15, 0.2) is 18.2 Å². The van der Waals surface area contributed by atoms with Crippen LogP contribution in [0.3, 0.4) is 0 Å². The second-order valence-corrected chi connectivity index (χ2v) is 6.05. The van der Waals surface area contributed by atoms with E-state index in [0.717, 1.165) is 35.7 Å². The molecule has 0 spiro atoms. The Bertz CT molecular complexity index is 567. The van der Waals surface area contributed by atoms with Crippen molar-refractivity contribution in [3.8, 4) is 0 Å². The smallest absolute Gasteiger partial charge is 0.243 e. The van der Waals surface area contributed by atoms with Gasteiger partial charge in [-0.1, -0.05) is 32.3 Å². The summed E-state index contributed by atoms with van der Waals surface area (Å²) in [5, 5.41) is 7.94. The first-order valence-electron chi connectivity index (χ1n) is 7.82. The molecule has 1 fully saturated rings. The zero-order valence-corrected chi connectivity index (χ0v) is 12.5. The Hall–Kier alpha value is -1.58. The highest BCUT2D eigenvalue weighted by Crippen LogP contribution is 2.30. The fourth-order valence-electron chi connectivity index (χ4n) is 3.19. The van der Waals surface area contributed by atoms with Crippen LogP contribution in [-0.4, -0.2) is 21.1 Å². The lowest BCUT2D eigenvalue weighted by Gasteiger charge is -2.27. The summed E-state index contributed by atoms with van der Waals surface area (Å²) in [4.78, 5) is 4.53. The molecule has 1 aliphatic rings. The van der Waals surface area contributed by atoms with E-state index < -0.39 is 0 Å². The van der Waals surface area contributed by atoms with Crippen LogP contribution in [0.1, 0.15) is 44.7 Å². The molecule has 4 heteroatoms. The highest BCUT2D eigenvalue weighted by Gasteiger charge is 2.20. The molecule has 0 atom stereocenters. The van der Waals surface area contributed by atoms with Crippen molar-refractivity contribution in [1.29, 1.82) is 0 Å². The Balaban J connectivity index is 1.59. The van der Waals surface area contributed by atoms with Gasteiger partial charge in [0.25, 0.3) is 0 Å². The van der Waals surface area contributed by atoms with Crippen molar-refractivity contribution < 1.29 is 0 Å². The SMILES string of the molecule is CCC1CCC(CNc2nc3cccc(C)n3n2)CC1. The molecule has 0 unspecified atom stereocenters. The predicted molar refractivity (Wildman–Crippen MR) is 82.0 cm³/mol. The number of nitrogens with one attached hydrogen (secondary N) is 1. The molecule has 0 saturated heterocycles. The zero-order valence-electron chi connectivity index (χ0n) is 12.5. The Morgan fingerprint density at radius 1 is 1.20 bits per heavy atom. The molecule has 0 amide bonds. The highest BCUT2D eigenvalue weighted by atomic mass is 15.3. The number of nitrogens with zero attached hydrogens (tertiary/aromatic N) is 3. The van der Waals surface area contributed by atoms with Gasteiger partial charge in [0.2, 0.25) is 5.95 Å². The third-order valence-electron chi connectivity index (χ3n) is 4.64. The average molecular weight is 272 g/mol. The van der Waals surface area contributed by atoms with Gasteiger partial charge in [-0.2, -0.15) is 4.98 Å². The molecule has 0 radical (unpaired) electrons. The molecule has 2 heterocycles. The van der Waals surface area contributed by atoms with E-state index in [9.17, 15) is 0 Å². The maximum atomic E-state index is 4.53. The second kappa shape index (κ2) is 5.81. The third kappa shape index (κ3) is 2.79. The topological polar surface area (TPSA) is 42.2 Å². The molecular weight excluding hydrogens is 248 g/mol. The van der Waals surface area contributed by atoms with E-state index >= 15 is 0 Å². The van der Waals surface area contributed by atoms with Gasteiger partial charge in [-0.25, -0.2) is 4.52 Å². The number of rotatable bonds is 4. The molecule has 0 aromatic carbocycles. The lowest BCUT2D eigenvalue weighted by atomic mass is 9.81. The monoisotopic (exact) mass is 272 g/mol. The summed E-state index contributed by atoms with van der Waals surface area (Å²) in [6, 6.07) is 6.07. The molecule has 1 saturated carbocycles. The van der Waals surface area contributed by atoms with E-state index in [0.29, 0.717) is 0 Å². The van der Waals surface area contributed by atoms with Gasteiger partial charge in [0.05, 0.1) is 0 Å². The van der Waals surface area contributed by atoms with Crippen LogP contribution in [0.4, 0.5) is 5.95 Å². The molecule has 0 aliphatic heterocycles. The number of anilines is 1.